The predicted octanol–water partition coefficient (Wildman–Crippen LogP) is 1.70. The molecule has 1 aromatic carbocycles. The Kier molecular flexibility index (Phi) is 1.96. The van der Waals surface area contributed by atoms with Gasteiger partial charge in [0.1, 0.15) is 0 Å². The van der Waals surface area contributed by atoms with Gasteiger partial charge in [-0.15, -0.1) is 0 Å². The molecule has 0 radical (unpaired) electrons. The number of hydrogen-bond donors (Lipinski definition) is 0. The number of para-hydroxylation sites is 1. The number of carbonyl (C=O) groups is 2. The number of esters is 1. The van der Waals surface area contributed by atoms with Gasteiger partial charge >= 0.3 is 5.97 Å². The fourth-order valence-electron chi connectivity index (χ4n) is 2.28. The molecule has 0 N–H and O–H groups in total. The first-order valence-electron chi connectivity index (χ1n) is 5.39. The highest BCUT2D eigenvalue weighted by atomic mass is 16.6. The maximum atomic E-state index is 11.8. The highest BCUT2D eigenvalue weighted by Gasteiger charge is 2.38. The van der Waals surface area contributed by atoms with E-state index in [1.165, 1.54) is 0 Å². The van der Waals surface area contributed by atoms with E-state index in [0.29, 0.717) is 17.7 Å². The van der Waals surface area contributed by atoms with Crippen LogP contribution in [-0.4, -0.2) is 18.1 Å². The molecule has 1 fully saturated rings. The lowest BCUT2D eigenvalue weighted by Crippen LogP contribution is -2.49. The number of fused-ring (bicyclic) bond motifs is 3. The zero-order valence-electron chi connectivity index (χ0n) is 8.68. The molecule has 1 saturated heterocycles. The average Bonchev–Trinajstić information content (AvgIpc) is 2.29. The maximum absolute atomic E-state index is 11.8. The van der Waals surface area contributed by atoms with Crippen LogP contribution in [0.25, 0.3) is 0 Å². The van der Waals surface area contributed by atoms with E-state index in [9.17, 15) is 9.59 Å². The minimum absolute atomic E-state index is 0.0381. The van der Waals surface area contributed by atoms with Crippen LogP contribution < -0.4 is 4.90 Å². The molecule has 0 saturated carbocycles. The Hall–Kier alpha value is -1.84. The third-order valence-corrected chi connectivity index (χ3v) is 3.02. The Morgan fingerprint density at radius 1 is 1.25 bits per heavy atom. The van der Waals surface area contributed by atoms with Crippen LogP contribution in [0.2, 0.25) is 0 Å². The highest BCUT2D eigenvalue weighted by molar-refractivity contribution is 6.05. The lowest BCUT2D eigenvalue weighted by molar-refractivity contribution is -0.123. The molecular formula is C12H11NO3. The van der Waals surface area contributed by atoms with Crippen molar-refractivity contribution in [3.63, 3.8) is 0 Å². The third-order valence-electron chi connectivity index (χ3n) is 3.02. The van der Waals surface area contributed by atoms with Crippen molar-refractivity contribution in [2.24, 2.45) is 0 Å². The maximum Gasteiger partial charge on any atom is 0.342 e. The van der Waals surface area contributed by atoms with Crippen molar-refractivity contribution in [3.8, 4) is 0 Å². The van der Waals surface area contributed by atoms with Gasteiger partial charge in [0.05, 0.1) is 11.3 Å². The van der Waals surface area contributed by atoms with Crippen molar-refractivity contribution in [1.29, 1.82) is 0 Å². The topological polar surface area (TPSA) is 46.6 Å². The smallest absolute Gasteiger partial charge is 0.342 e. The van der Waals surface area contributed by atoms with Crippen LogP contribution in [0.15, 0.2) is 24.3 Å². The van der Waals surface area contributed by atoms with Crippen molar-refractivity contribution in [2.45, 2.75) is 25.5 Å². The summed E-state index contributed by atoms with van der Waals surface area (Å²) in [5.41, 5.74) is 1.17. The van der Waals surface area contributed by atoms with Gasteiger partial charge in [-0.1, -0.05) is 12.1 Å². The number of amides is 1. The van der Waals surface area contributed by atoms with Crippen molar-refractivity contribution in [3.05, 3.63) is 29.8 Å². The summed E-state index contributed by atoms with van der Waals surface area (Å²) in [6, 6.07) is 7.09. The van der Waals surface area contributed by atoms with Gasteiger partial charge < -0.3 is 4.74 Å². The fourth-order valence-corrected chi connectivity index (χ4v) is 2.28. The van der Waals surface area contributed by atoms with Crippen molar-refractivity contribution >= 4 is 17.6 Å². The lowest BCUT2D eigenvalue weighted by Gasteiger charge is -2.38. The van der Waals surface area contributed by atoms with E-state index in [1.54, 1.807) is 23.1 Å². The standard InChI is InChI=1S/C12H11NO3/c14-10-6-3-7-11-13(10)9-5-2-1-4-8(9)12(15)16-11/h1-2,4-5,11H,3,6-7H2. The summed E-state index contributed by atoms with van der Waals surface area (Å²) in [6.45, 7) is 0. The second-order valence-electron chi connectivity index (χ2n) is 4.03. The molecule has 2 aliphatic heterocycles. The van der Waals surface area contributed by atoms with E-state index in [2.05, 4.69) is 0 Å². The number of carbonyl (C=O) groups excluding carboxylic acids is 2. The van der Waals surface area contributed by atoms with Crippen molar-refractivity contribution in [2.75, 3.05) is 4.90 Å². The first kappa shape index (κ1) is 9.39. The molecular weight excluding hydrogens is 206 g/mol. The fraction of sp³-hybridized carbons (Fsp3) is 0.333. The number of piperidine rings is 1. The number of hydrogen-bond acceptors (Lipinski definition) is 3. The molecule has 0 aromatic heterocycles. The van der Waals surface area contributed by atoms with Gasteiger partial charge in [-0.25, -0.2) is 4.79 Å². The molecule has 16 heavy (non-hydrogen) atoms. The van der Waals surface area contributed by atoms with Crippen LogP contribution >= 0.6 is 0 Å². The molecule has 2 aliphatic rings. The molecule has 1 aromatic rings. The van der Waals surface area contributed by atoms with Crippen LogP contribution in [0, 0.1) is 0 Å². The molecule has 82 valence electrons. The number of anilines is 1. The molecule has 0 spiro atoms. The van der Waals surface area contributed by atoms with Crippen LogP contribution in [0.1, 0.15) is 29.6 Å². The Morgan fingerprint density at radius 3 is 2.94 bits per heavy atom. The number of rotatable bonds is 0. The number of nitrogens with zero attached hydrogens (tertiary/aromatic N) is 1. The molecule has 0 aliphatic carbocycles. The predicted molar refractivity (Wildman–Crippen MR) is 57.0 cm³/mol. The summed E-state index contributed by atoms with van der Waals surface area (Å²) in [4.78, 5) is 25.1. The van der Waals surface area contributed by atoms with Gasteiger partial charge in [-0.05, 0) is 18.6 Å². The van der Waals surface area contributed by atoms with E-state index < -0.39 is 6.23 Å². The molecule has 0 bridgehead atoms. The molecule has 3 rings (SSSR count). The molecule has 4 heteroatoms. The second kappa shape index (κ2) is 3.33. The zero-order valence-corrected chi connectivity index (χ0v) is 8.68. The van der Waals surface area contributed by atoms with E-state index in [4.69, 9.17) is 4.74 Å². The van der Waals surface area contributed by atoms with Gasteiger partial charge in [-0.3, -0.25) is 9.69 Å². The van der Waals surface area contributed by atoms with Crippen LogP contribution in [0.3, 0.4) is 0 Å². The summed E-state index contributed by atoms with van der Waals surface area (Å²) >= 11 is 0. The van der Waals surface area contributed by atoms with Crippen LogP contribution in [0.5, 0.6) is 0 Å². The summed E-state index contributed by atoms with van der Waals surface area (Å²) in [5.74, 6) is -0.289. The van der Waals surface area contributed by atoms with E-state index in [0.717, 1.165) is 12.8 Å². The van der Waals surface area contributed by atoms with Crippen molar-refractivity contribution < 1.29 is 14.3 Å². The Balaban J connectivity index is 2.13. The molecule has 1 unspecified atom stereocenters. The van der Waals surface area contributed by atoms with Crippen LogP contribution in [-0.2, 0) is 9.53 Å². The van der Waals surface area contributed by atoms with E-state index in [1.807, 2.05) is 6.07 Å². The molecule has 4 nitrogen and oxygen atoms in total. The van der Waals surface area contributed by atoms with Gasteiger partial charge in [-0.2, -0.15) is 0 Å². The summed E-state index contributed by atoms with van der Waals surface area (Å²) < 4.78 is 5.25. The van der Waals surface area contributed by atoms with Crippen LogP contribution in [0.4, 0.5) is 5.69 Å². The van der Waals surface area contributed by atoms with Gasteiger partial charge in [0.15, 0.2) is 6.23 Å². The first-order chi connectivity index (χ1) is 7.77. The van der Waals surface area contributed by atoms with Gasteiger partial charge in [0.2, 0.25) is 5.91 Å². The Labute approximate surface area is 92.8 Å². The second-order valence-corrected chi connectivity index (χ2v) is 4.03. The average molecular weight is 217 g/mol. The summed E-state index contributed by atoms with van der Waals surface area (Å²) in [5, 5.41) is 0. The Bertz CT molecular complexity index is 469. The minimum atomic E-state index is -0.399. The normalized spacial score (nSPS) is 23.5. The number of ether oxygens (including phenoxy) is 1. The first-order valence-corrected chi connectivity index (χ1v) is 5.39. The third kappa shape index (κ3) is 1.23. The zero-order chi connectivity index (χ0) is 11.1. The van der Waals surface area contributed by atoms with Gasteiger partial charge in [0.25, 0.3) is 0 Å². The highest BCUT2D eigenvalue weighted by Crippen LogP contribution is 2.34. The quantitative estimate of drug-likeness (QED) is 0.621. The SMILES string of the molecule is O=C1OC2CCCC(=O)N2c2ccccc21. The summed E-state index contributed by atoms with van der Waals surface area (Å²) in [7, 11) is 0. The molecule has 1 atom stereocenters. The Morgan fingerprint density at radius 2 is 2.06 bits per heavy atom. The molecule has 1 amide bonds. The summed E-state index contributed by atoms with van der Waals surface area (Å²) in [6.07, 6.45) is 1.65. The minimum Gasteiger partial charge on any atom is -0.437 e. The monoisotopic (exact) mass is 217 g/mol. The van der Waals surface area contributed by atoms with Crippen molar-refractivity contribution in [1.82, 2.24) is 0 Å². The van der Waals surface area contributed by atoms with Gasteiger partial charge in [0, 0.05) is 12.8 Å². The molecule has 2 heterocycles. The largest absolute Gasteiger partial charge is 0.437 e. The number of benzene rings is 1. The lowest BCUT2D eigenvalue weighted by atomic mass is 10.0. The van der Waals surface area contributed by atoms with E-state index in [-0.39, 0.29) is 11.9 Å². The van der Waals surface area contributed by atoms with E-state index >= 15 is 0 Å².